The zero-order chi connectivity index (χ0) is 14.5. The van der Waals surface area contributed by atoms with E-state index in [1.165, 1.54) is 5.56 Å². The van der Waals surface area contributed by atoms with E-state index in [9.17, 15) is 4.79 Å². The second kappa shape index (κ2) is 6.20. The number of rotatable bonds is 4. The summed E-state index contributed by atoms with van der Waals surface area (Å²) in [5.74, 6) is -0.000530. The van der Waals surface area contributed by atoms with Gasteiger partial charge in [0.2, 0.25) is 5.91 Å². The zero-order valence-electron chi connectivity index (χ0n) is 12.0. The van der Waals surface area contributed by atoms with Crippen LogP contribution in [0, 0.1) is 6.92 Å². The Labute approximate surface area is 120 Å². The summed E-state index contributed by atoms with van der Waals surface area (Å²) in [6, 6.07) is 18.0. The third-order valence-corrected chi connectivity index (χ3v) is 3.27. The summed E-state index contributed by atoms with van der Waals surface area (Å²) >= 11 is 0. The number of amides is 1. The van der Waals surface area contributed by atoms with Crippen LogP contribution in [0.4, 0.5) is 0 Å². The van der Waals surface area contributed by atoms with Crippen molar-refractivity contribution in [1.29, 1.82) is 0 Å². The molecule has 2 aromatic carbocycles. The Morgan fingerprint density at radius 3 is 2.20 bits per heavy atom. The average molecular weight is 265 g/mol. The van der Waals surface area contributed by atoms with Crippen LogP contribution < -0.4 is 0 Å². The lowest BCUT2D eigenvalue weighted by Crippen LogP contribution is -2.26. The molecule has 0 aliphatic heterocycles. The molecule has 1 amide bonds. The molecule has 0 aliphatic carbocycles. The Morgan fingerprint density at radius 2 is 1.65 bits per heavy atom. The predicted octanol–water partition coefficient (Wildman–Crippen LogP) is 4.01. The maximum atomic E-state index is 11.9. The summed E-state index contributed by atoms with van der Waals surface area (Å²) in [6.45, 7) is 8.23. The third-order valence-electron chi connectivity index (χ3n) is 3.27. The molecule has 20 heavy (non-hydrogen) atoms. The van der Waals surface area contributed by atoms with Crippen LogP contribution in [0.1, 0.15) is 23.6 Å². The van der Waals surface area contributed by atoms with Gasteiger partial charge in [-0.2, -0.15) is 0 Å². The maximum Gasteiger partial charge on any atom is 0.224 e. The summed E-state index contributed by atoms with van der Waals surface area (Å²) in [6.07, 6.45) is 0. The van der Waals surface area contributed by atoms with E-state index in [2.05, 4.69) is 6.58 Å². The van der Waals surface area contributed by atoms with Gasteiger partial charge >= 0.3 is 0 Å². The van der Waals surface area contributed by atoms with Gasteiger partial charge in [-0.3, -0.25) is 4.79 Å². The fourth-order valence-corrected chi connectivity index (χ4v) is 2.06. The molecular formula is C18H19NO. The van der Waals surface area contributed by atoms with Crippen molar-refractivity contribution < 1.29 is 4.79 Å². The SMILES string of the molecule is C=C(c1ccc(C)cc1)N(Cc1ccccc1)C(C)=O. The van der Waals surface area contributed by atoms with Crippen molar-refractivity contribution in [3.8, 4) is 0 Å². The van der Waals surface area contributed by atoms with Crippen LogP contribution in [0.15, 0.2) is 61.2 Å². The van der Waals surface area contributed by atoms with Gasteiger partial charge in [-0.05, 0) is 18.1 Å². The zero-order valence-corrected chi connectivity index (χ0v) is 12.0. The third kappa shape index (κ3) is 3.35. The molecule has 2 rings (SSSR count). The van der Waals surface area contributed by atoms with Crippen LogP contribution in [0.5, 0.6) is 0 Å². The van der Waals surface area contributed by atoms with Crippen LogP contribution >= 0.6 is 0 Å². The van der Waals surface area contributed by atoms with Crippen molar-refractivity contribution in [2.45, 2.75) is 20.4 Å². The summed E-state index contributed by atoms with van der Waals surface area (Å²) in [4.78, 5) is 13.6. The van der Waals surface area contributed by atoms with Crippen LogP contribution in [0.2, 0.25) is 0 Å². The normalized spacial score (nSPS) is 10.1. The molecular weight excluding hydrogens is 246 g/mol. The number of benzene rings is 2. The Hall–Kier alpha value is -2.35. The summed E-state index contributed by atoms with van der Waals surface area (Å²) < 4.78 is 0. The van der Waals surface area contributed by atoms with Crippen LogP contribution in [0.3, 0.4) is 0 Å². The lowest BCUT2D eigenvalue weighted by atomic mass is 10.1. The molecule has 0 fully saturated rings. The molecule has 0 saturated heterocycles. The van der Waals surface area contributed by atoms with Crippen molar-refractivity contribution in [2.75, 3.05) is 0 Å². The molecule has 0 atom stereocenters. The number of nitrogens with zero attached hydrogens (tertiary/aromatic N) is 1. The summed E-state index contributed by atoms with van der Waals surface area (Å²) in [5, 5.41) is 0. The van der Waals surface area contributed by atoms with E-state index in [1.54, 1.807) is 11.8 Å². The fraction of sp³-hybridized carbons (Fsp3) is 0.167. The number of aryl methyl sites for hydroxylation is 1. The Bertz CT molecular complexity index is 599. The standard InChI is InChI=1S/C18H19NO/c1-14-9-11-18(12-10-14)15(2)19(16(3)20)13-17-7-5-4-6-8-17/h4-12H,2,13H2,1,3H3. The van der Waals surface area contributed by atoms with Gasteiger partial charge in [-0.15, -0.1) is 0 Å². The van der Waals surface area contributed by atoms with Crippen molar-refractivity contribution >= 4 is 11.6 Å². The highest BCUT2D eigenvalue weighted by Gasteiger charge is 2.14. The van der Waals surface area contributed by atoms with E-state index in [1.807, 2.05) is 61.5 Å². The molecule has 2 nitrogen and oxygen atoms in total. The molecule has 2 aromatic rings. The van der Waals surface area contributed by atoms with Crippen LogP contribution in [0.25, 0.3) is 5.70 Å². The van der Waals surface area contributed by atoms with Crippen molar-refractivity contribution in [3.05, 3.63) is 77.9 Å². The minimum absolute atomic E-state index is 0.000530. The first-order chi connectivity index (χ1) is 9.58. The number of carbonyl (C=O) groups excluding carboxylic acids is 1. The molecule has 0 N–H and O–H groups in total. The lowest BCUT2D eigenvalue weighted by molar-refractivity contribution is -0.126. The molecule has 102 valence electrons. The van der Waals surface area contributed by atoms with Crippen LogP contribution in [-0.4, -0.2) is 10.8 Å². The molecule has 0 radical (unpaired) electrons. The summed E-state index contributed by atoms with van der Waals surface area (Å²) in [5.41, 5.74) is 4.00. The maximum absolute atomic E-state index is 11.9. The molecule has 0 saturated carbocycles. The molecule has 0 spiro atoms. The Morgan fingerprint density at radius 1 is 1.05 bits per heavy atom. The topological polar surface area (TPSA) is 20.3 Å². The predicted molar refractivity (Wildman–Crippen MR) is 82.9 cm³/mol. The van der Waals surface area contributed by atoms with Crippen molar-refractivity contribution in [2.24, 2.45) is 0 Å². The van der Waals surface area contributed by atoms with E-state index in [-0.39, 0.29) is 5.91 Å². The highest BCUT2D eigenvalue weighted by atomic mass is 16.2. The fourth-order valence-electron chi connectivity index (χ4n) is 2.06. The van der Waals surface area contributed by atoms with E-state index in [0.29, 0.717) is 6.54 Å². The second-order valence-corrected chi connectivity index (χ2v) is 4.90. The van der Waals surface area contributed by atoms with Gasteiger partial charge in [-0.25, -0.2) is 0 Å². The molecule has 2 heteroatoms. The number of hydrogen-bond donors (Lipinski definition) is 0. The quantitative estimate of drug-likeness (QED) is 0.817. The summed E-state index contributed by atoms with van der Waals surface area (Å²) in [7, 11) is 0. The molecule has 0 heterocycles. The molecule has 0 bridgehead atoms. The highest BCUT2D eigenvalue weighted by molar-refractivity contribution is 5.84. The van der Waals surface area contributed by atoms with Gasteiger partial charge in [-0.1, -0.05) is 66.7 Å². The van der Waals surface area contributed by atoms with Gasteiger partial charge in [0, 0.05) is 12.6 Å². The van der Waals surface area contributed by atoms with Gasteiger partial charge in [0.25, 0.3) is 0 Å². The van der Waals surface area contributed by atoms with Gasteiger partial charge in [0.1, 0.15) is 0 Å². The number of carbonyl (C=O) groups is 1. The van der Waals surface area contributed by atoms with Crippen molar-refractivity contribution in [1.82, 2.24) is 4.90 Å². The monoisotopic (exact) mass is 265 g/mol. The second-order valence-electron chi connectivity index (χ2n) is 4.90. The highest BCUT2D eigenvalue weighted by Crippen LogP contribution is 2.20. The molecule has 0 aromatic heterocycles. The Kier molecular flexibility index (Phi) is 4.36. The van der Waals surface area contributed by atoms with Gasteiger partial charge in [0.05, 0.1) is 6.54 Å². The molecule has 0 aliphatic rings. The first-order valence-corrected chi connectivity index (χ1v) is 6.66. The minimum Gasteiger partial charge on any atom is -0.308 e. The first kappa shape index (κ1) is 14.1. The Balaban J connectivity index is 2.22. The minimum atomic E-state index is -0.000530. The smallest absolute Gasteiger partial charge is 0.224 e. The largest absolute Gasteiger partial charge is 0.308 e. The van der Waals surface area contributed by atoms with E-state index >= 15 is 0 Å². The van der Waals surface area contributed by atoms with Gasteiger partial charge in [0.15, 0.2) is 0 Å². The van der Waals surface area contributed by atoms with E-state index < -0.39 is 0 Å². The number of hydrogen-bond acceptors (Lipinski definition) is 1. The van der Waals surface area contributed by atoms with Crippen LogP contribution in [-0.2, 0) is 11.3 Å². The first-order valence-electron chi connectivity index (χ1n) is 6.66. The van der Waals surface area contributed by atoms with Gasteiger partial charge < -0.3 is 4.90 Å². The van der Waals surface area contributed by atoms with Crippen molar-refractivity contribution in [3.63, 3.8) is 0 Å². The molecule has 0 unspecified atom stereocenters. The van der Waals surface area contributed by atoms with E-state index in [0.717, 1.165) is 16.8 Å². The average Bonchev–Trinajstić information content (AvgIpc) is 2.45. The van der Waals surface area contributed by atoms with E-state index in [4.69, 9.17) is 0 Å². The lowest BCUT2D eigenvalue weighted by Gasteiger charge is -2.24.